The van der Waals surface area contributed by atoms with Crippen LogP contribution in [-0.2, 0) is 116 Å². The van der Waals surface area contributed by atoms with Gasteiger partial charge in [-0.25, -0.2) is 42.1 Å². The maximum Gasteiger partial charge on any atom is 0.161 e. The minimum Gasteiger partial charge on any atom is -0.486 e. The molecule has 15 rings (SSSR count). The molecule has 0 aromatic heterocycles. The standard InChI is InChI=1S/C27H45NO3S.C26H43NO3S.C24H38O2S.C23H36O2S.C21H32O4S/c1-6-27(5,7-2)32(29,30)20-25-12-10-23(11-13-25)8-9-24-14-16-26(17-15-24)28-18-21(3)31-22(4)19-28;1-6-26(4,5)31(28,29)19-24-11-9-22(10-12-24)7-8-23-13-15-25(16-14-23)27-17-20(2)30-21(3)18-27;1-4-24(3,5-2)27(25,26)18-21-13-10-19(11-14-21)9-12-20-15-16-22-7-6-8-23(22)17-20;1-4-23(2,3)26(24,25)17-20-12-9-18(10-13-20)8-11-19-14-15-21-6-5-7-22(21)16-19;1-3-16(2)26(22,23)15-19-8-5-17(6-9-19)4-7-18-10-11-20-21(14-18)25-13-12-24-20/h14-17,21-23,25H,6-13,18-20H2,1-5H3;13-16,20-22,24H,6-12,17-19H2,1-5H3;15-17,19,21H,4-14,18H2,1-3H3;14-16,18,20H,4-13,17H2,1-3H3;10-11,14,16-17,19H,3-9,12-13,15H2,1-2H3/t21-,22+,23?,25?;20-,21+,22?,24?;;;. The van der Waals surface area contributed by atoms with Crippen molar-refractivity contribution in [2.24, 2.45) is 59.2 Å². The highest BCUT2D eigenvalue weighted by molar-refractivity contribution is 7.93. The molecule has 5 aromatic carbocycles. The van der Waals surface area contributed by atoms with Crippen molar-refractivity contribution in [2.45, 2.75) is 449 Å². The van der Waals surface area contributed by atoms with E-state index in [1.165, 1.54) is 174 Å². The third-order valence-corrected chi connectivity index (χ3v) is 51.0. The van der Waals surface area contributed by atoms with Crippen LogP contribution >= 0.6 is 0 Å². The molecular weight excluding hydrogens is 1870 g/mol. The van der Waals surface area contributed by atoms with E-state index >= 15 is 0 Å². The number of rotatable bonds is 39. The minimum absolute atomic E-state index is 0.199. The van der Waals surface area contributed by atoms with Gasteiger partial charge in [0.05, 0.1) is 77.4 Å². The number of anilines is 2. The molecule has 0 spiro atoms. The molecule has 0 N–H and O–H groups in total. The largest absolute Gasteiger partial charge is 0.486 e. The number of morpholine rings is 2. The summed E-state index contributed by atoms with van der Waals surface area (Å²) in [5.41, 5.74) is 16.0. The van der Waals surface area contributed by atoms with Gasteiger partial charge in [-0.05, 0) is 434 Å². The van der Waals surface area contributed by atoms with E-state index in [2.05, 4.69) is 135 Å². The predicted molar refractivity (Wildman–Crippen MR) is 596 cm³/mol. The van der Waals surface area contributed by atoms with E-state index in [1.54, 1.807) is 22.3 Å². The number of fused-ring (bicyclic) bond motifs is 3. The number of nitrogens with zero attached hydrogens (tertiary/aromatic N) is 2. The minimum atomic E-state index is -3.03. The van der Waals surface area contributed by atoms with Gasteiger partial charge in [0.1, 0.15) is 13.2 Å². The Hall–Kier alpha value is -5.03. The van der Waals surface area contributed by atoms with Gasteiger partial charge >= 0.3 is 0 Å². The molecule has 2 saturated heterocycles. The lowest BCUT2D eigenvalue weighted by Gasteiger charge is -2.37. The topological polar surface area (TPSA) is 214 Å². The maximum atomic E-state index is 12.9. The zero-order valence-corrected chi connectivity index (χ0v) is 95.9. The first kappa shape index (κ1) is 117. The molecular formula is C121H194N2O14S5. The van der Waals surface area contributed by atoms with E-state index in [4.69, 9.17) is 18.9 Å². The van der Waals surface area contributed by atoms with Crippen molar-refractivity contribution >= 4 is 60.6 Å². The predicted octanol–water partition coefficient (Wildman–Crippen LogP) is 27.5. The third kappa shape index (κ3) is 34.0. The zero-order chi connectivity index (χ0) is 103. The van der Waals surface area contributed by atoms with Gasteiger partial charge in [0, 0.05) is 37.6 Å². The lowest BCUT2D eigenvalue weighted by atomic mass is 9.80. The Kier molecular flexibility index (Phi) is 44.7. The number of hydrogen-bond donors (Lipinski definition) is 0. The fourth-order valence-corrected chi connectivity index (χ4v) is 34.3. The second kappa shape index (κ2) is 54.1. The second-order valence-electron chi connectivity index (χ2n) is 47.9. The molecule has 5 saturated carbocycles. The van der Waals surface area contributed by atoms with Crippen LogP contribution in [0.25, 0.3) is 0 Å². The summed E-state index contributed by atoms with van der Waals surface area (Å²) in [4.78, 5) is 4.86. The maximum absolute atomic E-state index is 12.9. The van der Waals surface area contributed by atoms with Gasteiger partial charge < -0.3 is 28.7 Å². The summed E-state index contributed by atoms with van der Waals surface area (Å²) in [6.07, 6.45) is 48.2. The van der Waals surface area contributed by atoms with E-state index in [1.807, 2.05) is 103 Å². The Morgan fingerprint density at radius 1 is 0.303 bits per heavy atom. The van der Waals surface area contributed by atoms with Gasteiger partial charge in [0.25, 0.3) is 0 Å². The number of aryl methyl sites for hydroxylation is 9. The van der Waals surface area contributed by atoms with Crippen molar-refractivity contribution in [1.29, 1.82) is 0 Å². The van der Waals surface area contributed by atoms with Crippen LogP contribution in [0.1, 0.15) is 393 Å². The molecule has 10 aliphatic rings. The molecule has 5 aromatic rings. The highest BCUT2D eigenvalue weighted by atomic mass is 32.2. The molecule has 1 unspecified atom stereocenters. The highest BCUT2D eigenvalue weighted by Gasteiger charge is 2.43. The van der Waals surface area contributed by atoms with E-state index < -0.39 is 68.2 Å². The van der Waals surface area contributed by atoms with Gasteiger partial charge in [-0.15, -0.1) is 0 Å². The molecule has 3 heterocycles. The summed E-state index contributed by atoms with van der Waals surface area (Å²) < 4.78 is 148. The van der Waals surface area contributed by atoms with Crippen LogP contribution in [0.2, 0.25) is 0 Å². The number of benzene rings is 5. The summed E-state index contributed by atoms with van der Waals surface area (Å²) in [5, 5.41) is -0.199. The third-order valence-electron chi connectivity index (χ3n) is 36.8. The molecule has 7 fully saturated rings. The van der Waals surface area contributed by atoms with Gasteiger partial charge in [0.2, 0.25) is 0 Å². The molecule has 21 heteroatoms. The number of hydrogen-bond acceptors (Lipinski definition) is 16. The van der Waals surface area contributed by atoms with Crippen LogP contribution in [0.4, 0.5) is 11.4 Å². The summed E-state index contributed by atoms with van der Waals surface area (Å²) >= 11 is 0. The van der Waals surface area contributed by atoms with Crippen LogP contribution in [0.3, 0.4) is 0 Å². The highest BCUT2D eigenvalue weighted by Crippen LogP contribution is 2.44. The molecule has 142 heavy (non-hydrogen) atoms. The fraction of sp³-hybridized carbons (Fsp3) is 0.752. The number of ether oxygens (including phenoxy) is 4. The molecule has 5 atom stereocenters. The summed E-state index contributed by atoms with van der Waals surface area (Å²) in [5.74, 6) is 9.23. The van der Waals surface area contributed by atoms with Crippen LogP contribution in [0.15, 0.2) is 103 Å². The quantitative estimate of drug-likeness (QED) is 0.0358. The Bertz CT molecular complexity index is 5220. The summed E-state index contributed by atoms with van der Waals surface area (Å²) in [7, 11) is -14.9. The molecule has 16 nitrogen and oxygen atoms in total. The van der Waals surface area contributed by atoms with Gasteiger partial charge in [-0.2, -0.15) is 0 Å². The first-order chi connectivity index (χ1) is 67.4. The Morgan fingerprint density at radius 3 is 0.866 bits per heavy atom. The van der Waals surface area contributed by atoms with Crippen molar-refractivity contribution in [3.8, 4) is 11.5 Å². The second-order valence-corrected chi connectivity index (χ2v) is 60.8. The monoisotopic (exact) mass is 2060 g/mol. The van der Waals surface area contributed by atoms with E-state index in [9.17, 15) is 42.1 Å². The molecule has 802 valence electrons. The van der Waals surface area contributed by atoms with Crippen LogP contribution in [-0.4, -0.2) is 159 Å². The molecule has 0 bridgehead atoms. The van der Waals surface area contributed by atoms with Gasteiger partial charge in [-0.3, -0.25) is 0 Å². The molecule has 0 radical (unpaired) electrons. The van der Waals surface area contributed by atoms with Crippen molar-refractivity contribution in [1.82, 2.24) is 0 Å². The Morgan fingerprint density at radius 2 is 0.563 bits per heavy atom. The van der Waals surface area contributed by atoms with Crippen molar-refractivity contribution in [2.75, 3.05) is 78.0 Å². The van der Waals surface area contributed by atoms with E-state index in [0.29, 0.717) is 110 Å². The first-order valence-corrected chi connectivity index (χ1v) is 65.4. The summed E-state index contributed by atoms with van der Waals surface area (Å²) in [6, 6.07) is 38.7. The lowest BCUT2D eigenvalue weighted by Crippen LogP contribution is -2.45. The Balaban J connectivity index is 0.000000170. The normalized spacial score (nSPS) is 25.5. The van der Waals surface area contributed by atoms with Gasteiger partial charge in [0.15, 0.2) is 60.7 Å². The average Bonchev–Trinajstić information content (AvgIpc) is 1.06. The van der Waals surface area contributed by atoms with Crippen LogP contribution < -0.4 is 19.3 Å². The Labute approximate surface area is 866 Å². The number of sulfone groups is 5. The fourth-order valence-electron chi connectivity index (χ4n) is 24.3. The smallest absolute Gasteiger partial charge is 0.161 e. The first-order valence-electron chi connectivity index (χ1n) is 57.1. The lowest BCUT2D eigenvalue weighted by molar-refractivity contribution is -0.00548. The van der Waals surface area contributed by atoms with Crippen molar-refractivity contribution < 1.29 is 61.0 Å². The molecule has 7 aliphatic carbocycles. The van der Waals surface area contributed by atoms with Gasteiger partial charge in [-0.1, -0.05) is 179 Å². The van der Waals surface area contributed by atoms with Crippen molar-refractivity contribution in [3.63, 3.8) is 0 Å². The van der Waals surface area contributed by atoms with E-state index in [0.717, 1.165) is 171 Å². The summed E-state index contributed by atoms with van der Waals surface area (Å²) in [6.45, 7) is 40.8. The van der Waals surface area contributed by atoms with Crippen LogP contribution in [0, 0.1) is 59.2 Å². The van der Waals surface area contributed by atoms with Crippen molar-refractivity contribution in [3.05, 3.63) is 153 Å². The van der Waals surface area contributed by atoms with E-state index in [-0.39, 0.29) is 29.7 Å². The zero-order valence-electron chi connectivity index (χ0n) is 91.8. The molecule has 3 aliphatic heterocycles. The SMILES string of the molecule is CCC(C)(C)S(=O)(=O)CC1CCC(CCc2ccc(N3C[C@@H](C)O[C@@H](C)C3)cc2)CC1.CCC(C)(C)S(=O)(=O)CC1CCC(CCc2ccc3c(c2)CCC3)CC1.CCC(C)(CC)S(=O)(=O)CC1CCC(CCc2ccc(N3C[C@@H](C)O[C@@H](C)C3)cc2)CC1.CCC(C)(CC)S(=O)(=O)CC1CCC(CCc2ccc3c(c2)CCC3)CC1.CCC(C)S(=O)(=O)CC1CCC(CCc2ccc3c(c2)OCCO3)CC1. The molecule has 0 amide bonds. The average molecular weight is 2060 g/mol. The van der Waals surface area contributed by atoms with Crippen LogP contribution in [0.5, 0.6) is 11.5 Å².